The second kappa shape index (κ2) is 4.61. The van der Waals surface area contributed by atoms with Gasteiger partial charge in [-0.05, 0) is 12.1 Å². The fraction of sp³-hybridized carbons (Fsp3) is 0.167. The third-order valence-electron chi connectivity index (χ3n) is 1.00. The topological polar surface area (TPSA) is 34.1 Å². The lowest BCUT2D eigenvalue weighted by Gasteiger charge is -2.01. The lowest BCUT2D eigenvalue weighted by Crippen LogP contribution is -2.01. The molecule has 0 aliphatic rings. The van der Waals surface area contributed by atoms with Crippen molar-refractivity contribution in [3.63, 3.8) is 0 Å². The summed E-state index contributed by atoms with van der Waals surface area (Å²) in [4.78, 5) is 10.6. The molecule has 0 saturated carbocycles. The Kier molecular flexibility index (Phi) is 3.74. The van der Waals surface area contributed by atoms with Gasteiger partial charge in [0.25, 0.3) is 0 Å². The van der Waals surface area contributed by atoms with E-state index in [9.17, 15) is 4.39 Å². The molecule has 66 valence electrons. The van der Waals surface area contributed by atoms with Gasteiger partial charge in [-0.25, -0.2) is 9.37 Å². The highest BCUT2D eigenvalue weighted by molar-refractivity contribution is 7.97. The van der Waals surface area contributed by atoms with E-state index in [1.807, 2.05) is 0 Å². The maximum atomic E-state index is 12.9. The van der Waals surface area contributed by atoms with Crippen LogP contribution in [-0.4, -0.2) is 12.1 Å². The van der Waals surface area contributed by atoms with Gasteiger partial charge >= 0.3 is 0 Å². The summed E-state index contributed by atoms with van der Waals surface area (Å²) in [7, 11) is 1.43. The SMILES string of the molecule is CONSc1nc(Cl)ccc1F. The highest BCUT2D eigenvalue weighted by Crippen LogP contribution is 2.18. The molecule has 0 radical (unpaired) electrons. The Morgan fingerprint density at radius 2 is 2.42 bits per heavy atom. The molecule has 3 nitrogen and oxygen atoms in total. The summed E-state index contributed by atoms with van der Waals surface area (Å²) in [5, 5.41) is 0.404. The minimum atomic E-state index is -0.436. The van der Waals surface area contributed by atoms with Crippen LogP contribution in [0.3, 0.4) is 0 Å². The number of nitrogens with one attached hydrogen (secondary N) is 1. The number of nitrogens with zero attached hydrogens (tertiary/aromatic N) is 1. The van der Waals surface area contributed by atoms with Crippen LogP contribution in [0.2, 0.25) is 5.15 Å². The van der Waals surface area contributed by atoms with Gasteiger partial charge in [-0.1, -0.05) is 11.6 Å². The average Bonchev–Trinajstić information content (AvgIpc) is 2.07. The van der Waals surface area contributed by atoms with Crippen LogP contribution in [0.4, 0.5) is 4.39 Å². The van der Waals surface area contributed by atoms with Crippen LogP contribution in [0, 0.1) is 5.82 Å². The first kappa shape index (κ1) is 9.73. The molecule has 0 atom stereocenters. The van der Waals surface area contributed by atoms with Crippen LogP contribution in [0.25, 0.3) is 0 Å². The molecule has 0 amide bonds. The van der Waals surface area contributed by atoms with Crippen LogP contribution in [0.5, 0.6) is 0 Å². The van der Waals surface area contributed by atoms with E-state index in [4.69, 9.17) is 11.6 Å². The monoisotopic (exact) mass is 208 g/mol. The molecule has 1 heterocycles. The minimum Gasteiger partial charge on any atom is -0.294 e. The number of hydrogen-bond acceptors (Lipinski definition) is 4. The van der Waals surface area contributed by atoms with Crippen molar-refractivity contribution >= 4 is 23.5 Å². The molecule has 6 heteroatoms. The summed E-state index contributed by atoms with van der Waals surface area (Å²) in [6.07, 6.45) is 0. The summed E-state index contributed by atoms with van der Waals surface area (Å²) in [6.45, 7) is 0. The van der Waals surface area contributed by atoms with Gasteiger partial charge in [-0.3, -0.25) is 4.84 Å². The maximum absolute atomic E-state index is 12.9. The molecule has 0 spiro atoms. The van der Waals surface area contributed by atoms with Crippen molar-refractivity contribution in [1.29, 1.82) is 0 Å². The molecule has 0 unspecified atom stereocenters. The average molecular weight is 209 g/mol. The molecule has 0 bridgehead atoms. The van der Waals surface area contributed by atoms with Gasteiger partial charge in [0.2, 0.25) is 0 Å². The van der Waals surface area contributed by atoms with Gasteiger partial charge in [-0.15, -0.1) is 4.89 Å². The molecule has 1 rings (SSSR count). The first-order chi connectivity index (χ1) is 5.74. The lowest BCUT2D eigenvalue weighted by molar-refractivity contribution is 0.163. The predicted octanol–water partition coefficient (Wildman–Crippen LogP) is 2.03. The first-order valence-corrected chi connectivity index (χ1v) is 4.20. The van der Waals surface area contributed by atoms with Gasteiger partial charge in [0.15, 0.2) is 10.8 Å². The Labute approximate surface area is 78.4 Å². The second-order valence-corrected chi connectivity index (χ2v) is 2.96. The predicted molar refractivity (Wildman–Crippen MR) is 45.2 cm³/mol. The van der Waals surface area contributed by atoms with Crippen molar-refractivity contribution in [2.75, 3.05) is 7.11 Å². The fourth-order valence-electron chi connectivity index (χ4n) is 0.554. The summed E-state index contributed by atoms with van der Waals surface area (Å²) in [5.41, 5.74) is 0. The Morgan fingerprint density at radius 3 is 3.08 bits per heavy atom. The molecule has 0 aliphatic heterocycles. The van der Waals surface area contributed by atoms with Gasteiger partial charge < -0.3 is 0 Å². The van der Waals surface area contributed by atoms with Crippen molar-refractivity contribution in [3.05, 3.63) is 23.1 Å². The lowest BCUT2D eigenvalue weighted by atomic mass is 10.5. The molecule has 1 N–H and O–H groups in total. The highest BCUT2D eigenvalue weighted by atomic mass is 35.5. The fourth-order valence-corrected chi connectivity index (χ4v) is 1.22. The largest absolute Gasteiger partial charge is 0.294 e. The summed E-state index contributed by atoms with van der Waals surface area (Å²) >= 11 is 6.45. The van der Waals surface area contributed by atoms with Gasteiger partial charge in [0.1, 0.15) is 5.15 Å². The van der Waals surface area contributed by atoms with Crippen LogP contribution in [0.1, 0.15) is 0 Å². The standard InChI is InChI=1S/C6H6ClFN2OS/c1-11-10-12-6-4(8)2-3-5(7)9-6/h2-3,10H,1H3. The number of hydrogen-bond donors (Lipinski definition) is 1. The third kappa shape index (κ3) is 2.60. The van der Waals surface area contributed by atoms with E-state index in [1.54, 1.807) is 0 Å². The molecule has 0 aliphatic carbocycles. The zero-order chi connectivity index (χ0) is 8.97. The molecular formula is C6H6ClFN2OS. The number of halogens is 2. The third-order valence-corrected chi connectivity index (χ3v) is 1.94. The van der Waals surface area contributed by atoms with Crippen molar-refractivity contribution in [2.45, 2.75) is 5.03 Å². The Hall–Kier alpha value is -0.360. The highest BCUT2D eigenvalue weighted by Gasteiger charge is 2.04. The van der Waals surface area contributed by atoms with Crippen molar-refractivity contribution in [1.82, 2.24) is 9.87 Å². The van der Waals surface area contributed by atoms with Crippen LogP contribution in [0.15, 0.2) is 17.2 Å². The van der Waals surface area contributed by atoms with Crippen LogP contribution < -0.4 is 4.89 Å². The van der Waals surface area contributed by atoms with E-state index in [2.05, 4.69) is 14.7 Å². The van der Waals surface area contributed by atoms with Gasteiger partial charge in [0.05, 0.1) is 7.11 Å². The molecule has 0 saturated heterocycles. The van der Waals surface area contributed by atoms with Gasteiger partial charge in [-0.2, -0.15) is 0 Å². The van der Waals surface area contributed by atoms with E-state index in [0.717, 1.165) is 11.9 Å². The smallest absolute Gasteiger partial charge is 0.156 e. The van der Waals surface area contributed by atoms with E-state index in [1.165, 1.54) is 19.2 Å². The normalized spacial score (nSPS) is 10.2. The van der Waals surface area contributed by atoms with Crippen LogP contribution >= 0.6 is 23.5 Å². The quantitative estimate of drug-likeness (QED) is 0.468. The number of pyridine rings is 1. The van der Waals surface area contributed by atoms with Gasteiger partial charge in [0, 0.05) is 11.9 Å². The van der Waals surface area contributed by atoms with Crippen molar-refractivity contribution < 1.29 is 9.23 Å². The van der Waals surface area contributed by atoms with E-state index in [0.29, 0.717) is 0 Å². The summed E-state index contributed by atoms with van der Waals surface area (Å²) < 4.78 is 12.9. The van der Waals surface area contributed by atoms with E-state index >= 15 is 0 Å². The van der Waals surface area contributed by atoms with Crippen molar-refractivity contribution in [2.24, 2.45) is 0 Å². The van der Waals surface area contributed by atoms with E-state index < -0.39 is 5.82 Å². The summed E-state index contributed by atoms with van der Waals surface area (Å²) in [5.74, 6) is -0.436. The molecule has 0 aromatic carbocycles. The summed E-state index contributed by atoms with van der Waals surface area (Å²) in [6, 6.07) is 2.63. The van der Waals surface area contributed by atoms with Crippen LogP contribution in [-0.2, 0) is 4.84 Å². The Morgan fingerprint density at radius 1 is 1.67 bits per heavy atom. The zero-order valence-electron chi connectivity index (χ0n) is 6.17. The number of rotatable bonds is 3. The molecule has 12 heavy (non-hydrogen) atoms. The molecule has 1 aromatic rings. The minimum absolute atomic E-state index is 0.157. The number of aromatic nitrogens is 1. The first-order valence-electron chi connectivity index (χ1n) is 3.01. The Balaban J connectivity index is 2.75. The molecule has 1 aromatic heterocycles. The van der Waals surface area contributed by atoms with Crippen molar-refractivity contribution in [3.8, 4) is 0 Å². The molecular weight excluding hydrogens is 203 g/mol. The Bertz CT molecular complexity index is 274. The molecule has 0 fully saturated rings. The van der Waals surface area contributed by atoms with E-state index in [-0.39, 0.29) is 10.2 Å². The maximum Gasteiger partial charge on any atom is 0.156 e. The second-order valence-electron chi connectivity index (χ2n) is 1.81. The zero-order valence-corrected chi connectivity index (χ0v) is 7.75.